The molecule has 2 rings (SSSR count). The number of anilines is 1. The molecule has 0 spiro atoms. The van der Waals surface area contributed by atoms with Gasteiger partial charge in [-0.15, -0.1) is 0 Å². The van der Waals surface area contributed by atoms with Crippen molar-refractivity contribution >= 4 is 5.69 Å². The van der Waals surface area contributed by atoms with Crippen molar-refractivity contribution in [2.45, 2.75) is 39.2 Å². The number of hydrogen-bond donors (Lipinski definition) is 1. The average molecular weight is 278 g/mol. The lowest BCUT2D eigenvalue weighted by Gasteiger charge is -2.16. The van der Waals surface area contributed by atoms with Crippen LogP contribution in [0.2, 0.25) is 0 Å². The topological polar surface area (TPSA) is 35.8 Å². The average Bonchev–Trinajstić information content (AvgIpc) is 2.54. The number of nitrogens with one attached hydrogen (secondary N) is 1. The molecule has 0 radical (unpaired) electrons. The van der Waals surface area contributed by atoms with Crippen molar-refractivity contribution in [2.24, 2.45) is 0 Å². The summed E-state index contributed by atoms with van der Waals surface area (Å²) in [7, 11) is 0. The molecule has 1 N–H and O–H groups in total. The molecule has 0 atom stereocenters. The van der Waals surface area contributed by atoms with E-state index in [4.69, 9.17) is 5.26 Å². The zero-order valence-corrected chi connectivity index (χ0v) is 13.0. The number of hydrogen-bond acceptors (Lipinski definition) is 2. The van der Waals surface area contributed by atoms with Crippen LogP contribution in [-0.2, 0) is 18.4 Å². The predicted molar refractivity (Wildman–Crippen MR) is 88.2 cm³/mol. The maximum atomic E-state index is 9.15. The quantitative estimate of drug-likeness (QED) is 0.863. The van der Waals surface area contributed by atoms with Gasteiger partial charge in [0.1, 0.15) is 0 Å². The maximum absolute atomic E-state index is 9.15. The van der Waals surface area contributed by atoms with Gasteiger partial charge >= 0.3 is 0 Å². The molecule has 0 heterocycles. The summed E-state index contributed by atoms with van der Waals surface area (Å²) in [5, 5.41) is 12.6. The van der Waals surface area contributed by atoms with Crippen LogP contribution in [0.1, 0.15) is 37.5 Å². The van der Waals surface area contributed by atoms with Crippen molar-refractivity contribution in [3.8, 4) is 6.07 Å². The summed E-state index contributed by atoms with van der Waals surface area (Å²) in [6, 6.07) is 19.1. The first-order valence-corrected chi connectivity index (χ1v) is 7.38. The smallest absolute Gasteiger partial charge is 0.0766 e. The van der Waals surface area contributed by atoms with Gasteiger partial charge < -0.3 is 5.32 Å². The van der Waals surface area contributed by atoms with Crippen LogP contribution in [0.5, 0.6) is 0 Å². The van der Waals surface area contributed by atoms with E-state index in [0.717, 1.165) is 24.2 Å². The van der Waals surface area contributed by atoms with Gasteiger partial charge in [-0.3, -0.25) is 0 Å². The number of nitriles is 1. The minimum atomic E-state index is -0.436. The summed E-state index contributed by atoms with van der Waals surface area (Å²) in [5.41, 5.74) is 4.32. The lowest BCUT2D eigenvalue weighted by molar-refractivity contribution is 0.687. The second-order valence-electron chi connectivity index (χ2n) is 5.84. The SMILES string of the molecule is CCc1ccc(CNc2ccc(C(C)(C)C#N)cc2)cc1. The minimum absolute atomic E-state index is 0.436. The molecule has 0 saturated heterocycles. The second kappa shape index (κ2) is 6.45. The number of aryl methyl sites for hydroxylation is 1. The van der Waals surface area contributed by atoms with Gasteiger partial charge in [-0.1, -0.05) is 43.3 Å². The molecule has 21 heavy (non-hydrogen) atoms. The summed E-state index contributed by atoms with van der Waals surface area (Å²) in [6.45, 7) is 6.85. The zero-order chi connectivity index (χ0) is 15.3. The first-order chi connectivity index (χ1) is 10.0. The normalized spacial score (nSPS) is 11.0. The van der Waals surface area contributed by atoms with Crippen LogP contribution in [0.3, 0.4) is 0 Å². The number of rotatable bonds is 5. The molecule has 0 aliphatic carbocycles. The number of nitrogens with zero attached hydrogens (tertiary/aromatic N) is 1. The monoisotopic (exact) mass is 278 g/mol. The summed E-state index contributed by atoms with van der Waals surface area (Å²) in [5.74, 6) is 0. The van der Waals surface area contributed by atoms with Crippen molar-refractivity contribution in [2.75, 3.05) is 5.32 Å². The molecule has 2 aromatic carbocycles. The second-order valence-corrected chi connectivity index (χ2v) is 5.84. The molecule has 2 heteroatoms. The Morgan fingerprint density at radius 2 is 1.52 bits per heavy atom. The third kappa shape index (κ3) is 3.86. The van der Waals surface area contributed by atoms with Crippen molar-refractivity contribution in [1.29, 1.82) is 5.26 Å². The third-order valence-electron chi connectivity index (χ3n) is 3.81. The van der Waals surface area contributed by atoms with E-state index < -0.39 is 5.41 Å². The fourth-order valence-corrected chi connectivity index (χ4v) is 2.17. The van der Waals surface area contributed by atoms with Gasteiger partial charge in [0.15, 0.2) is 0 Å². The van der Waals surface area contributed by atoms with Crippen LogP contribution in [0.25, 0.3) is 0 Å². The molecule has 2 aromatic rings. The fraction of sp³-hybridized carbons (Fsp3) is 0.316. The van der Waals surface area contributed by atoms with Crippen LogP contribution >= 0.6 is 0 Å². The van der Waals surface area contributed by atoms with Crippen LogP contribution < -0.4 is 5.32 Å². The minimum Gasteiger partial charge on any atom is -0.381 e. The van der Waals surface area contributed by atoms with Crippen LogP contribution in [0.4, 0.5) is 5.69 Å². The van der Waals surface area contributed by atoms with Gasteiger partial charge in [-0.25, -0.2) is 0 Å². The first kappa shape index (κ1) is 15.1. The van der Waals surface area contributed by atoms with Crippen LogP contribution in [0, 0.1) is 11.3 Å². The van der Waals surface area contributed by atoms with Gasteiger partial charge in [0.25, 0.3) is 0 Å². The Hall–Kier alpha value is -2.27. The van der Waals surface area contributed by atoms with E-state index in [0.29, 0.717) is 0 Å². The van der Waals surface area contributed by atoms with Crippen molar-refractivity contribution in [3.63, 3.8) is 0 Å². The highest BCUT2D eigenvalue weighted by Gasteiger charge is 2.18. The van der Waals surface area contributed by atoms with Gasteiger partial charge in [-0.2, -0.15) is 5.26 Å². The Bertz CT molecular complexity index is 616. The molecule has 0 aliphatic heterocycles. The molecule has 0 unspecified atom stereocenters. The van der Waals surface area contributed by atoms with Gasteiger partial charge in [0.05, 0.1) is 11.5 Å². The predicted octanol–water partition coefficient (Wildman–Crippen LogP) is 4.66. The maximum Gasteiger partial charge on any atom is 0.0766 e. The van der Waals surface area contributed by atoms with E-state index in [9.17, 15) is 0 Å². The molecule has 0 saturated carbocycles. The van der Waals surface area contributed by atoms with Crippen molar-refractivity contribution < 1.29 is 0 Å². The van der Waals surface area contributed by atoms with E-state index in [1.54, 1.807) is 0 Å². The molecule has 2 nitrogen and oxygen atoms in total. The molecule has 0 bridgehead atoms. The highest BCUT2D eigenvalue weighted by atomic mass is 14.9. The van der Waals surface area contributed by atoms with Crippen molar-refractivity contribution in [1.82, 2.24) is 0 Å². The van der Waals surface area contributed by atoms with Crippen molar-refractivity contribution in [3.05, 3.63) is 65.2 Å². The Kier molecular flexibility index (Phi) is 4.65. The van der Waals surface area contributed by atoms with E-state index in [-0.39, 0.29) is 0 Å². The summed E-state index contributed by atoms with van der Waals surface area (Å²) in [6.07, 6.45) is 1.07. The molecular weight excluding hydrogens is 256 g/mol. The Labute approximate surface area is 127 Å². The van der Waals surface area contributed by atoms with E-state index in [1.807, 2.05) is 38.1 Å². The fourth-order valence-electron chi connectivity index (χ4n) is 2.17. The van der Waals surface area contributed by atoms with Crippen LogP contribution in [0.15, 0.2) is 48.5 Å². The first-order valence-electron chi connectivity index (χ1n) is 7.38. The Morgan fingerprint density at radius 3 is 2.05 bits per heavy atom. The molecule has 0 amide bonds. The van der Waals surface area contributed by atoms with Crippen LogP contribution in [-0.4, -0.2) is 0 Å². The molecule has 0 aromatic heterocycles. The number of benzene rings is 2. The van der Waals surface area contributed by atoms with Gasteiger partial charge in [0.2, 0.25) is 0 Å². The molecule has 0 aliphatic rings. The van der Waals surface area contributed by atoms with E-state index in [2.05, 4.69) is 42.6 Å². The van der Waals surface area contributed by atoms with E-state index >= 15 is 0 Å². The highest BCUT2D eigenvalue weighted by molar-refractivity contribution is 5.47. The lowest BCUT2D eigenvalue weighted by Crippen LogP contribution is -2.13. The lowest BCUT2D eigenvalue weighted by atomic mass is 9.86. The summed E-state index contributed by atoms with van der Waals surface area (Å²) < 4.78 is 0. The summed E-state index contributed by atoms with van der Waals surface area (Å²) in [4.78, 5) is 0. The molecular formula is C19H22N2. The largest absolute Gasteiger partial charge is 0.381 e. The standard InChI is InChI=1S/C19H22N2/c1-4-15-5-7-16(8-6-15)13-21-18-11-9-17(10-12-18)19(2,3)14-20/h5-12,21H,4,13H2,1-3H3. The zero-order valence-electron chi connectivity index (χ0n) is 13.0. The Balaban J connectivity index is 1.99. The molecule has 108 valence electrons. The highest BCUT2D eigenvalue weighted by Crippen LogP contribution is 2.23. The summed E-state index contributed by atoms with van der Waals surface area (Å²) >= 11 is 0. The van der Waals surface area contributed by atoms with E-state index in [1.165, 1.54) is 11.1 Å². The third-order valence-corrected chi connectivity index (χ3v) is 3.81. The van der Waals surface area contributed by atoms with Gasteiger partial charge in [-0.05, 0) is 49.1 Å². The molecule has 0 fully saturated rings. The van der Waals surface area contributed by atoms with Gasteiger partial charge in [0, 0.05) is 12.2 Å². The Morgan fingerprint density at radius 1 is 0.952 bits per heavy atom.